The number of carbonyl (C=O) groups is 5. The molecule has 0 atom stereocenters. The third-order valence-electron chi connectivity index (χ3n) is 10.6. The molecule has 0 heterocycles. The molecule has 0 aliphatic heterocycles. The third kappa shape index (κ3) is 16.1. The molecule has 0 aromatic heterocycles. The highest BCUT2D eigenvalue weighted by molar-refractivity contribution is 6.09. The van der Waals surface area contributed by atoms with E-state index < -0.39 is 57.1 Å². The fraction of sp³-hybridized carbons (Fsp3) is 0.491. The highest BCUT2D eigenvalue weighted by atomic mass is 16.7. The van der Waals surface area contributed by atoms with Crippen molar-refractivity contribution >= 4 is 30.0 Å². The van der Waals surface area contributed by atoms with Crippen LogP contribution in [-0.4, -0.2) is 41.2 Å². The van der Waals surface area contributed by atoms with E-state index in [4.69, 9.17) is 28.4 Å². The van der Waals surface area contributed by atoms with Gasteiger partial charge in [-0.3, -0.25) is 14.4 Å². The van der Waals surface area contributed by atoms with Crippen LogP contribution >= 0.6 is 0 Å². The topological polar surface area (TPSA) is 141 Å². The lowest BCUT2D eigenvalue weighted by molar-refractivity contribution is -0.135. The van der Waals surface area contributed by atoms with E-state index in [9.17, 15) is 24.0 Å². The first-order chi connectivity index (χ1) is 31.0. The number of esters is 2. The van der Waals surface area contributed by atoms with Gasteiger partial charge in [-0.05, 0) is 136 Å². The average molecular weight is 935 g/mol. The first-order valence-electron chi connectivity index (χ1n) is 23.3. The van der Waals surface area contributed by atoms with Gasteiger partial charge in [0.1, 0.15) is 34.2 Å². The molecular formula is C57H74O11. The van der Waals surface area contributed by atoms with E-state index >= 15 is 0 Å². The molecule has 368 valence electrons. The van der Waals surface area contributed by atoms with Gasteiger partial charge in [0.25, 0.3) is 0 Å². The van der Waals surface area contributed by atoms with Crippen molar-refractivity contribution in [3.05, 3.63) is 117 Å². The Morgan fingerprint density at radius 3 is 0.882 bits per heavy atom. The number of ether oxygens (including phenoxy) is 6. The Bertz CT molecular complexity index is 2220. The summed E-state index contributed by atoms with van der Waals surface area (Å²) in [5.41, 5.74) is 2.86. The Morgan fingerprint density at radius 2 is 0.647 bits per heavy atom. The highest BCUT2D eigenvalue weighted by Crippen LogP contribution is 2.43. The largest absolute Gasteiger partial charge is 0.514 e. The number of rotatable bonds is 12. The van der Waals surface area contributed by atoms with Crippen LogP contribution in [0.1, 0.15) is 187 Å². The predicted octanol–water partition coefficient (Wildman–Crippen LogP) is 13.8. The lowest BCUT2D eigenvalue weighted by atomic mass is 9.78. The number of ketones is 1. The maximum Gasteiger partial charge on any atom is 0.514 e. The Hall–Kier alpha value is -5.97. The lowest BCUT2D eigenvalue weighted by Gasteiger charge is -2.30. The van der Waals surface area contributed by atoms with Gasteiger partial charge in [0.15, 0.2) is 5.78 Å². The molecule has 0 saturated heterocycles. The smallest absolute Gasteiger partial charge is 0.428 e. The number of benzene rings is 4. The van der Waals surface area contributed by atoms with Gasteiger partial charge in [-0.25, -0.2) is 9.59 Å². The summed E-state index contributed by atoms with van der Waals surface area (Å²) in [7, 11) is 0. The van der Waals surface area contributed by atoms with E-state index in [2.05, 4.69) is 0 Å². The molecule has 0 fully saturated rings. The quantitative estimate of drug-likeness (QED) is 0.0580. The first-order valence-corrected chi connectivity index (χ1v) is 23.3. The monoisotopic (exact) mass is 935 g/mol. The molecule has 4 rings (SSSR count). The van der Waals surface area contributed by atoms with Crippen molar-refractivity contribution in [1.82, 2.24) is 0 Å². The van der Waals surface area contributed by atoms with Crippen molar-refractivity contribution in [2.45, 2.75) is 183 Å². The van der Waals surface area contributed by atoms with Crippen LogP contribution in [0.5, 0.6) is 23.0 Å². The molecule has 68 heavy (non-hydrogen) atoms. The van der Waals surface area contributed by atoms with E-state index in [1.165, 1.54) is 0 Å². The molecular weight excluding hydrogens is 861 g/mol. The van der Waals surface area contributed by atoms with Gasteiger partial charge in [-0.1, -0.05) is 107 Å². The summed E-state index contributed by atoms with van der Waals surface area (Å²) in [6, 6.07) is 20.6. The summed E-state index contributed by atoms with van der Waals surface area (Å²) in [6.07, 6.45) is -0.596. The van der Waals surface area contributed by atoms with Crippen LogP contribution in [0.4, 0.5) is 9.59 Å². The Balaban J connectivity index is 1.39. The fourth-order valence-electron chi connectivity index (χ4n) is 7.20. The van der Waals surface area contributed by atoms with Crippen LogP contribution in [-0.2, 0) is 53.6 Å². The van der Waals surface area contributed by atoms with Crippen LogP contribution in [0.2, 0.25) is 0 Å². The SMILES string of the molecule is CC(C)(C)OC(=O)Oc1c(C(C)(C)C)cc(CCC(=O)Oc2ccc(C(=O)c3ccc(OC(=O)CCc4cc(C(C)(C)C)c(OC(=O)OC(C)(C)C)c(C(C)(C)C)c4)cc3)cc2)cc1C(C)(C)C. The lowest BCUT2D eigenvalue weighted by Crippen LogP contribution is -2.28. The van der Waals surface area contributed by atoms with Gasteiger partial charge in [0, 0.05) is 46.2 Å². The summed E-state index contributed by atoms with van der Waals surface area (Å²) >= 11 is 0. The van der Waals surface area contributed by atoms with Crippen LogP contribution in [0, 0.1) is 0 Å². The van der Waals surface area contributed by atoms with Gasteiger partial charge in [-0.2, -0.15) is 0 Å². The normalized spacial score (nSPS) is 12.5. The molecule has 0 amide bonds. The summed E-state index contributed by atoms with van der Waals surface area (Å²) in [5.74, 6) is 0.393. The maximum atomic E-state index is 13.4. The van der Waals surface area contributed by atoms with Crippen molar-refractivity contribution in [2.75, 3.05) is 0 Å². The van der Waals surface area contributed by atoms with E-state index in [0.29, 0.717) is 47.0 Å². The zero-order chi connectivity index (χ0) is 51.4. The molecule has 4 aromatic carbocycles. The summed E-state index contributed by atoms with van der Waals surface area (Å²) in [4.78, 5) is 65.3. The van der Waals surface area contributed by atoms with Crippen molar-refractivity contribution in [2.24, 2.45) is 0 Å². The van der Waals surface area contributed by atoms with E-state index in [0.717, 1.165) is 33.4 Å². The minimum atomic E-state index is -0.776. The van der Waals surface area contributed by atoms with Crippen LogP contribution in [0.3, 0.4) is 0 Å². The van der Waals surface area contributed by atoms with Crippen molar-refractivity contribution < 1.29 is 52.4 Å². The highest BCUT2D eigenvalue weighted by Gasteiger charge is 2.33. The van der Waals surface area contributed by atoms with Gasteiger partial charge < -0.3 is 28.4 Å². The molecule has 0 aliphatic carbocycles. The number of hydrogen-bond donors (Lipinski definition) is 0. The molecule has 0 unspecified atom stereocenters. The molecule has 0 saturated carbocycles. The molecule has 0 N–H and O–H groups in total. The van der Waals surface area contributed by atoms with Gasteiger partial charge >= 0.3 is 24.2 Å². The van der Waals surface area contributed by atoms with Crippen molar-refractivity contribution in [3.8, 4) is 23.0 Å². The molecule has 0 bridgehead atoms. The molecule has 0 aliphatic rings. The van der Waals surface area contributed by atoms with Crippen molar-refractivity contribution in [1.29, 1.82) is 0 Å². The van der Waals surface area contributed by atoms with Crippen LogP contribution < -0.4 is 18.9 Å². The molecule has 4 aromatic rings. The van der Waals surface area contributed by atoms with Gasteiger partial charge in [-0.15, -0.1) is 0 Å². The second-order valence-electron chi connectivity index (χ2n) is 23.5. The second-order valence-corrected chi connectivity index (χ2v) is 23.5. The van der Waals surface area contributed by atoms with E-state index in [-0.39, 0.29) is 18.6 Å². The number of carbonyl (C=O) groups excluding carboxylic acids is 5. The van der Waals surface area contributed by atoms with E-state index in [1.54, 1.807) is 90.1 Å². The first kappa shape index (κ1) is 54.6. The minimum Gasteiger partial charge on any atom is -0.428 e. The maximum absolute atomic E-state index is 13.4. The summed E-state index contributed by atoms with van der Waals surface area (Å²) in [5, 5.41) is 0. The Kier molecular flexibility index (Phi) is 16.6. The van der Waals surface area contributed by atoms with Crippen LogP contribution in [0.25, 0.3) is 0 Å². The molecule has 0 spiro atoms. The van der Waals surface area contributed by atoms with Gasteiger partial charge in [0.2, 0.25) is 0 Å². The standard InChI is InChI=1S/C57H74O11/c1-52(2,3)41-31-35(32-42(53(4,5)6)48(41)65-50(61)67-56(13,14)15)19-29-45(58)63-39-25-21-37(22-26-39)47(60)38-23-27-40(28-24-38)64-46(59)30-20-36-33-43(54(7,8)9)49(44(34-36)55(10,11)12)66-51(62)68-57(16,17)18/h21-28,31-34H,19-20,29-30H2,1-18H3. The average Bonchev–Trinajstić information content (AvgIpc) is 3.17. The fourth-order valence-corrected chi connectivity index (χ4v) is 7.20. The minimum absolute atomic E-state index is 0.0905. The zero-order valence-corrected chi connectivity index (χ0v) is 43.7. The Labute approximate surface area is 404 Å². The molecule has 11 heteroatoms. The van der Waals surface area contributed by atoms with Gasteiger partial charge in [0.05, 0.1) is 0 Å². The summed E-state index contributed by atoms with van der Waals surface area (Å²) in [6.45, 7) is 35.2. The molecule has 11 nitrogen and oxygen atoms in total. The molecule has 0 radical (unpaired) electrons. The third-order valence-corrected chi connectivity index (χ3v) is 10.6. The van der Waals surface area contributed by atoms with Crippen molar-refractivity contribution in [3.63, 3.8) is 0 Å². The second kappa shape index (κ2) is 20.7. The van der Waals surface area contributed by atoms with E-state index in [1.807, 2.05) is 107 Å². The predicted molar refractivity (Wildman–Crippen MR) is 266 cm³/mol. The summed E-state index contributed by atoms with van der Waals surface area (Å²) < 4.78 is 34.1. The number of hydrogen-bond acceptors (Lipinski definition) is 11. The zero-order valence-electron chi connectivity index (χ0n) is 43.7. The number of aryl methyl sites for hydroxylation is 2. The Morgan fingerprint density at radius 1 is 0.382 bits per heavy atom. The van der Waals surface area contributed by atoms with Crippen LogP contribution in [0.15, 0.2) is 72.8 Å².